The molecule has 2 N–H and O–H groups in total. The van der Waals surface area contributed by atoms with Crippen LogP contribution >= 0.6 is 11.3 Å². The molecule has 4 nitrogen and oxygen atoms in total. The lowest BCUT2D eigenvalue weighted by atomic mass is 9.97. The summed E-state index contributed by atoms with van der Waals surface area (Å²) in [4.78, 5) is 16.0. The molecule has 2 rings (SSSR count). The Kier molecular flexibility index (Phi) is 6.24. The number of aliphatic hydroxyl groups is 1. The largest absolute Gasteiger partial charge is 0.395 e. The minimum Gasteiger partial charge on any atom is -0.395 e. The van der Waals surface area contributed by atoms with Crippen LogP contribution in [0.25, 0.3) is 0 Å². The predicted octanol–water partition coefficient (Wildman–Crippen LogP) is 1.55. The van der Waals surface area contributed by atoms with Gasteiger partial charge in [-0.3, -0.25) is 4.79 Å². The summed E-state index contributed by atoms with van der Waals surface area (Å²) in [6.07, 6.45) is 2.77. The Labute approximate surface area is 130 Å². The van der Waals surface area contributed by atoms with Gasteiger partial charge in [-0.15, -0.1) is 11.3 Å². The van der Waals surface area contributed by atoms with E-state index in [4.69, 9.17) is 5.11 Å². The third-order valence-corrected chi connectivity index (χ3v) is 4.67. The van der Waals surface area contributed by atoms with E-state index in [1.54, 1.807) is 0 Å². The number of nitrogens with zero attached hydrogens (tertiary/aromatic N) is 1. The topological polar surface area (TPSA) is 52.6 Å². The van der Waals surface area contributed by atoms with E-state index >= 15 is 0 Å². The van der Waals surface area contributed by atoms with Gasteiger partial charge in [-0.1, -0.05) is 11.8 Å². The number of nitrogens with one attached hydrogen (secondary N) is 1. The SMILES string of the molecule is CN1CCC(CNC(=O)c2ccc(C#CCCO)s2)CC1. The quantitative estimate of drug-likeness (QED) is 0.830. The van der Waals surface area contributed by atoms with Crippen molar-refractivity contribution in [1.82, 2.24) is 10.2 Å². The molecule has 1 amide bonds. The van der Waals surface area contributed by atoms with E-state index in [0.29, 0.717) is 17.2 Å². The van der Waals surface area contributed by atoms with Crippen molar-refractivity contribution in [2.24, 2.45) is 5.92 Å². The average Bonchev–Trinajstić information content (AvgIpc) is 2.96. The van der Waals surface area contributed by atoms with E-state index in [1.165, 1.54) is 11.3 Å². The molecule has 0 unspecified atom stereocenters. The van der Waals surface area contributed by atoms with E-state index < -0.39 is 0 Å². The van der Waals surface area contributed by atoms with Gasteiger partial charge in [-0.05, 0) is 51.0 Å². The van der Waals surface area contributed by atoms with Gasteiger partial charge >= 0.3 is 0 Å². The minimum absolute atomic E-state index is 0.00543. The number of carbonyl (C=O) groups is 1. The van der Waals surface area contributed by atoms with Crippen LogP contribution in [0.3, 0.4) is 0 Å². The number of hydrogen-bond donors (Lipinski definition) is 2. The summed E-state index contributed by atoms with van der Waals surface area (Å²) in [5.74, 6) is 6.41. The fourth-order valence-corrected chi connectivity index (χ4v) is 3.12. The zero-order valence-electron chi connectivity index (χ0n) is 12.4. The molecule has 0 atom stereocenters. The molecule has 0 bridgehead atoms. The average molecular weight is 306 g/mol. The molecule has 1 aromatic heterocycles. The van der Waals surface area contributed by atoms with Gasteiger partial charge in [-0.25, -0.2) is 0 Å². The number of likely N-dealkylation sites (tertiary alicyclic amines) is 1. The van der Waals surface area contributed by atoms with Crippen LogP contribution in [0.2, 0.25) is 0 Å². The number of piperidine rings is 1. The number of aliphatic hydroxyl groups excluding tert-OH is 1. The van der Waals surface area contributed by atoms with Gasteiger partial charge in [0, 0.05) is 13.0 Å². The fraction of sp³-hybridized carbons (Fsp3) is 0.562. The fourth-order valence-electron chi connectivity index (χ4n) is 2.32. The van der Waals surface area contributed by atoms with Crippen LogP contribution in [0.15, 0.2) is 12.1 Å². The van der Waals surface area contributed by atoms with E-state index in [2.05, 4.69) is 29.1 Å². The van der Waals surface area contributed by atoms with Gasteiger partial charge in [0.25, 0.3) is 5.91 Å². The number of amides is 1. The van der Waals surface area contributed by atoms with Crippen LogP contribution < -0.4 is 5.32 Å². The van der Waals surface area contributed by atoms with Crippen LogP contribution in [0.4, 0.5) is 0 Å². The summed E-state index contributed by atoms with van der Waals surface area (Å²) in [6.45, 7) is 3.06. The molecule has 1 fully saturated rings. The maximum atomic E-state index is 12.1. The van der Waals surface area contributed by atoms with Crippen molar-refractivity contribution in [3.05, 3.63) is 21.9 Å². The van der Waals surface area contributed by atoms with Crippen LogP contribution in [0.5, 0.6) is 0 Å². The Hall–Kier alpha value is -1.35. The molecule has 2 heterocycles. The molecule has 5 heteroatoms. The summed E-state index contributed by atoms with van der Waals surface area (Å²) in [5.41, 5.74) is 0. The molecule has 0 aliphatic carbocycles. The summed E-state index contributed by atoms with van der Waals surface area (Å²) in [6, 6.07) is 3.68. The molecule has 0 spiro atoms. The maximum Gasteiger partial charge on any atom is 0.261 e. The first kappa shape index (κ1) is 16.0. The van der Waals surface area contributed by atoms with E-state index in [1.807, 2.05) is 12.1 Å². The monoisotopic (exact) mass is 306 g/mol. The zero-order valence-corrected chi connectivity index (χ0v) is 13.2. The van der Waals surface area contributed by atoms with Gasteiger partial charge in [-0.2, -0.15) is 0 Å². The second-order valence-electron chi connectivity index (χ2n) is 5.40. The molecule has 114 valence electrons. The molecule has 0 saturated carbocycles. The third-order valence-electron chi connectivity index (χ3n) is 3.67. The standard InChI is InChI=1S/C16H22N2O2S/c1-18-9-7-13(8-10-18)12-17-16(20)15-6-5-14(21-15)4-2-3-11-19/h5-6,13,19H,3,7-12H2,1H3,(H,17,20). The number of rotatable bonds is 4. The molecule has 1 aromatic rings. The second-order valence-corrected chi connectivity index (χ2v) is 6.48. The van der Waals surface area contributed by atoms with E-state index in [-0.39, 0.29) is 12.5 Å². The van der Waals surface area contributed by atoms with Crippen molar-refractivity contribution in [1.29, 1.82) is 0 Å². The molecule has 1 aliphatic heterocycles. The molecule has 0 radical (unpaired) electrons. The molecule has 1 saturated heterocycles. The highest BCUT2D eigenvalue weighted by Gasteiger charge is 2.17. The number of thiophene rings is 1. The van der Waals surface area contributed by atoms with Crippen molar-refractivity contribution in [3.8, 4) is 11.8 Å². The zero-order chi connectivity index (χ0) is 15.1. The lowest BCUT2D eigenvalue weighted by molar-refractivity contribution is 0.0943. The van der Waals surface area contributed by atoms with E-state index in [0.717, 1.165) is 37.4 Å². The minimum atomic E-state index is -0.00543. The van der Waals surface area contributed by atoms with Gasteiger partial charge in [0.1, 0.15) is 0 Å². The number of carbonyl (C=O) groups excluding carboxylic acids is 1. The molecule has 0 aromatic carbocycles. The Morgan fingerprint density at radius 3 is 2.95 bits per heavy atom. The van der Waals surface area contributed by atoms with E-state index in [9.17, 15) is 4.79 Å². The summed E-state index contributed by atoms with van der Waals surface area (Å²) >= 11 is 1.40. The normalized spacial score (nSPS) is 16.3. The highest BCUT2D eigenvalue weighted by Crippen LogP contribution is 2.17. The van der Waals surface area contributed by atoms with Crippen molar-refractivity contribution >= 4 is 17.2 Å². The van der Waals surface area contributed by atoms with Gasteiger partial charge < -0.3 is 15.3 Å². The Morgan fingerprint density at radius 1 is 1.48 bits per heavy atom. The van der Waals surface area contributed by atoms with Gasteiger partial charge in [0.2, 0.25) is 0 Å². The van der Waals surface area contributed by atoms with Crippen molar-refractivity contribution in [2.45, 2.75) is 19.3 Å². The maximum absolute atomic E-state index is 12.1. The predicted molar refractivity (Wildman–Crippen MR) is 85.5 cm³/mol. The Balaban J connectivity index is 1.79. The molecular weight excluding hydrogens is 284 g/mol. The highest BCUT2D eigenvalue weighted by molar-refractivity contribution is 7.14. The first-order valence-electron chi connectivity index (χ1n) is 7.35. The van der Waals surface area contributed by atoms with Crippen molar-refractivity contribution < 1.29 is 9.90 Å². The van der Waals surface area contributed by atoms with Crippen molar-refractivity contribution in [3.63, 3.8) is 0 Å². The molecule has 21 heavy (non-hydrogen) atoms. The summed E-state index contributed by atoms with van der Waals surface area (Å²) < 4.78 is 0. The molecular formula is C16H22N2O2S. The summed E-state index contributed by atoms with van der Waals surface area (Å²) in [5, 5.41) is 11.7. The van der Waals surface area contributed by atoms with Crippen LogP contribution in [-0.4, -0.2) is 49.2 Å². The van der Waals surface area contributed by atoms with Gasteiger partial charge in [0.05, 0.1) is 16.4 Å². The molecule has 1 aliphatic rings. The van der Waals surface area contributed by atoms with Crippen molar-refractivity contribution in [2.75, 3.05) is 33.3 Å². The lowest BCUT2D eigenvalue weighted by Crippen LogP contribution is -2.36. The summed E-state index contributed by atoms with van der Waals surface area (Å²) in [7, 11) is 2.14. The smallest absolute Gasteiger partial charge is 0.261 e. The first-order chi connectivity index (χ1) is 10.2. The van der Waals surface area contributed by atoms with Crippen LogP contribution in [0.1, 0.15) is 33.8 Å². The Bertz CT molecular complexity index is 522. The Morgan fingerprint density at radius 2 is 2.24 bits per heavy atom. The number of hydrogen-bond acceptors (Lipinski definition) is 4. The highest BCUT2D eigenvalue weighted by atomic mass is 32.1. The van der Waals surface area contributed by atoms with Gasteiger partial charge in [0.15, 0.2) is 0 Å². The first-order valence-corrected chi connectivity index (χ1v) is 8.17. The van der Waals surface area contributed by atoms with Crippen LogP contribution in [0, 0.1) is 17.8 Å². The second kappa shape index (κ2) is 8.18. The third kappa shape index (κ3) is 5.16. The lowest BCUT2D eigenvalue weighted by Gasteiger charge is -2.28. The van der Waals surface area contributed by atoms with Crippen LogP contribution in [-0.2, 0) is 0 Å².